The van der Waals surface area contributed by atoms with Gasteiger partial charge in [0, 0.05) is 0 Å². The molecule has 0 heterocycles. The molecule has 58 valence electrons. The largest absolute Gasteiger partial charge is 0.420 e. The number of carbonyl (C=O) groups excluding carboxylic acids is 1. The van der Waals surface area contributed by atoms with E-state index in [2.05, 4.69) is 16.3 Å². The molecular formula is C6H13NO2Si. The second-order valence-corrected chi connectivity index (χ2v) is 7.70. The molecule has 0 aromatic heterocycles. The lowest BCUT2D eigenvalue weighted by molar-refractivity contribution is 0.191. The molecule has 0 saturated heterocycles. The van der Waals surface area contributed by atoms with Crippen molar-refractivity contribution in [3.05, 3.63) is 12.8 Å². The van der Waals surface area contributed by atoms with Gasteiger partial charge in [-0.1, -0.05) is 26.2 Å². The fourth-order valence-corrected chi connectivity index (χ4v) is 1.08. The highest BCUT2D eigenvalue weighted by Crippen LogP contribution is 1.94. The van der Waals surface area contributed by atoms with E-state index in [1.807, 2.05) is 19.6 Å². The Morgan fingerprint density at radius 2 is 2.10 bits per heavy atom. The minimum absolute atomic E-state index is 0.408. The van der Waals surface area contributed by atoms with Crippen LogP contribution in [-0.2, 0) is 4.74 Å². The highest BCUT2D eigenvalue weighted by molar-refractivity contribution is 6.75. The van der Waals surface area contributed by atoms with Gasteiger partial charge in [0.2, 0.25) is 0 Å². The Kier molecular flexibility index (Phi) is 3.15. The molecule has 10 heavy (non-hydrogen) atoms. The average Bonchev–Trinajstić information content (AvgIpc) is 1.59. The molecule has 0 rings (SSSR count). The maximum atomic E-state index is 10.7. The lowest BCUT2D eigenvalue weighted by Gasteiger charge is -2.15. The van der Waals surface area contributed by atoms with E-state index in [1.165, 1.54) is 0 Å². The van der Waals surface area contributed by atoms with Crippen LogP contribution in [0.3, 0.4) is 0 Å². The average molecular weight is 159 g/mol. The first-order chi connectivity index (χ1) is 4.45. The summed E-state index contributed by atoms with van der Waals surface area (Å²) in [6, 6.07) is 0. The van der Waals surface area contributed by atoms with Crippen molar-refractivity contribution in [2.24, 2.45) is 0 Å². The third-order valence-electron chi connectivity index (χ3n) is 0.667. The summed E-state index contributed by atoms with van der Waals surface area (Å²) < 4.78 is 4.47. The Labute approximate surface area is 62.2 Å². The second kappa shape index (κ2) is 3.41. The SMILES string of the molecule is C=COC(=O)N[Si](C)(C)C. The van der Waals surface area contributed by atoms with Crippen LogP contribution in [0.1, 0.15) is 0 Å². The summed E-state index contributed by atoms with van der Waals surface area (Å²) in [5, 5.41) is 0. The van der Waals surface area contributed by atoms with E-state index >= 15 is 0 Å². The summed E-state index contributed by atoms with van der Waals surface area (Å²) in [4.78, 5) is 13.4. The van der Waals surface area contributed by atoms with Crippen LogP contribution in [0.5, 0.6) is 0 Å². The van der Waals surface area contributed by atoms with Gasteiger partial charge in [-0.05, 0) is 0 Å². The van der Waals surface area contributed by atoms with Gasteiger partial charge in [-0.2, -0.15) is 0 Å². The van der Waals surface area contributed by atoms with Gasteiger partial charge < -0.3 is 9.72 Å². The van der Waals surface area contributed by atoms with Gasteiger partial charge in [0.1, 0.15) is 0 Å². The fraction of sp³-hybridized carbons (Fsp3) is 0.500. The molecule has 0 radical (unpaired) electrons. The van der Waals surface area contributed by atoms with Crippen molar-refractivity contribution in [3.63, 3.8) is 0 Å². The van der Waals surface area contributed by atoms with Gasteiger partial charge in [0.05, 0.1) is 6.26 Å². The Hall–Kier alpha value is -0.773. The molecule has 3 nitrogen and oxygen atoms in total. The molecule has 0 aromatic rings. The van der Waals surface area contributed by atoms with E-state index in [4.69, 9.17) is 0 Å². The van der Waals surface area contributed by atoms with E-state index in [-0.39, 0.29) is 0 Å². The zero-order valence-corrected chi connectivity index (χ0v) is 7.60. The summed E-state index contributed by atoms with van der Waals surface area (Å²) in [5.74, 6) is 0. The van der Waals surface area contributed by atoms with Crippen molar-refractivity contribution in [1.29, 1.82) is 0 Å². The number of hydrogen-bond acceptors (Lipinski definition) is 2. The van der Waals surface area contributed by atoms with Crippen molar-refractivity contribution in [2.75, 3.05) is 0 Å². The van der Waals surface area contributed by atoms with Crippen molar-refractivity contribution in [2.45, 2.75) is 19.6 Å². The van der Waals surface area contributed by atoms with E-state index in [0.29, 0.717) is 0 Å². The van der Waals surface area contributed by atoms with Crippen LogP contribution in [0.15, 0.2) is 12.8 Å². The van der Waals surface area contributed by atoms with Crippen molar-refractivity contribution >= 4 is 14.3 Å². The van der Waals surface area contributed by atoms with Crippen LogP contribution >= 0.6 is 0 Å². The number of hydrogen-bond donors (Lipinski definition) is 1. The van der Waals surface area contributed by atoms with Crippen LogP contribution in [0, 0.1) is 0 Å². The minimum atomic E-state index is -1.53. The summed E-state index contributed by atoms with van der Waals surface area (Å²) in [6.45, 7) is 9.30. The standard InChI is InChI=1S/C6H13NO2Si/c1-5-9-6(8)7-10(2,3)4/h5H,1H2,2-4H3,(H,7,8). The normalized spacial score (nSPS) is 10.3. The van der Waals surface area contributed by atoms with Gasteiger partial charge in [-0.25, -0.2) is 4.79 Å². The molecule has 0 aromatic carbocycles. The first-order valence-corrected chi connectivity index (χ1v) is 6.55. The van der Waals surface area contributed by atoms with Crippen molar-refractivity contribution in [3.8, 4) is 0 Å². The smallest absolute Gasteiger partial charge is 0.403 e. The first-order valence-electron chi connectivity index (χ1n) is 3.05. The quantitative estimate of drug-likeness (QED) is 0.492. The number of nitrogens with one attached hydrogen (secondary N) is 1. The molecule has 1 N–H and O–H groups in total. The molecule has 0 unspecified atom stereocenters. The zero-order valence-electron chi connectivity index (χ0n) is 6.60. The molecule has 0 bridgehead atoms. The lowest BCUT2D eigenvalue weighted by Crippen LogP contribution is -2.45. The zero-order chi connectivity index (χ0) is 8.20. The molecule has 0 fully saturated rings. The van der Waals surface area contributed by atoms with E-state index < -0.39 is 14.3 Å². The number of carbonyl (C=O) groups is 1. The number of rotatable bonds is 2. The van der Waals surface area contributed by atoms with Crippen LogP contribution < -0.4 is 4.98 Å². The van der Waals surface area contributed by atoms with Gasteiger partial charge in [-0.15, -0.1) is 0 Å². The fourth-order valence-electron chi connectivity index (χ4n) is 0.411. The second-order valence-electron chi connectivity index (χ2n) is 2.95. The van der Waals surface area contributed by atoms with Gasteiger partial charge in [0.25, 0.3) is 0 Å². The summed E-state index contributed by atoms with van der Waals surface area (Å²) in [7, 11) is -1.53. The maximum absolute atomic E-state index is 10.7. The Morgan fingerprint density at radius 3 is 2.40 bits per heavy atom. The monoisotopic (exact) mass is 159 g/mol. The van der Waals surface area contributed by atoms with Crippen molar-refractivity contribution in [1.82, 2.24) is 4.98 Å². The predicted molar refractivity (Wildman–Crippen MR) is 43.2 cm³/mol. The Morgan fingerprint density at radius 1 is 1.60 bits per heavy atom. The molecule has 0 aliphatic rings. The van der Waals surface area contributed by atoms with Crippen LogP contribution in [0.2, 0.25) is 19.6 Å². The number of amides is 1. The molecule has 0 saturated carbocycles. The van der Waals surface area contributed by atoms with Gasteiger partial charge in [0.15, 0.2) is 8.24 Å². The topological polar surface area (TPSA) is 38.3 Å². The van der Waals surface area contributed by atoms with E-state index in [9.17, 15) is 4.79 Å². The summed E-state index contributed by atoms with van der Waals surface area (Å²) in [6.07, 6.45) is 0.712. The first kappa shape index (κ1) is 9.23. The minimum Gasteiger partial charge on any atom is -0.420 e. The molecule has 4 heteroatoms. The van der Waals surface area contributed by atoms with Crippen LogP contribution in [0.25, 0.3) is 0 Å². The third kappa shape index (κ3) is 5.37. The van der Waals surface area contributed by atoms with E-state index in [1.54, 1.807) is 0 Å². The molecule has 0 aliphatic carbocycles. The van der Waals surface area contributed by atoms with Gasteiger partial charge in [-0.3, -0.25) is 0 Å². The van der Waals surface area contributed by atoms with Crippen molar-refractivity contribution < 1.29 is 9.53 Å². The predicted octanol–water partition coefficient (Wildman–Crippen LogP) is 1.69. The third-order valence-corrected chi connectivity index (χ3v) is 1.62. The summed E-state index contributed by atoms with van der Waals surface area (Å²) >= 11 is 0. The van der Waals surface area contributed by atoms with Crippen LogP contribution in [-0.4, -0.2) is 14.3 Å². The van der Waals surface area contributed by atoms with Crippen LogP contribution in [0.4, 0.5) is 4.79 Å². The maximum Gasteiger partial charge on any atom is 0.403 e. The Balaban J connectivity index is 3.68. The highest BCUT2D eigenvalue weighted by Gasteiger charge is 2.16. The number of ether oxygens (including phenoxy) is 1. The van der Waals surface area contributed by atoms with E-state index in [0.717, 1.165) is 6.26 Å². The lowest BCUT2D eigenvalue weighted by atomic mass is 11.1. The van der Waals surface area contributed by atoms with Gasteiger partial charge >= 0.3 is 6.09 Å². The molecule has 0 aliphatic heterocycles. The molecule has 0 atom stereocenters. The highest BCUT2D eigenvalue weighted by atomic mass is 28.3. The summed E-state index contributed by atoms with van der Waals surface area (Å²) in [5.41, 5.74) is 0. The molecular weight excluding hydrogens is 146 g/mol. The molecule has 1 amide bonds. The Bertz CT molecular complexity index is 139. The molecule has 0 spiro atoms.